The minimum absolute atomic E-state index is 0.0708. The van der Waals surface area contributed by atoms with Gasteiger partial charge in [-0.1, -0.05) is 6.42 Å². The van der Waals surface area contributed by atoms with Crippen molar-refractivity contribution in [2.24, 2.45) is 5.92 Å². The molecule has 0 spiro atoms. The van der Waals surface area contributed by atoms with Gasteiger partial charge in [0.15, 0.2) is 0 Å². The molecule has 3 heterocycles. The summed E-state index contributed by atoms with van der Waals surface area (Å²) < 4.78 is 2.05. The average Bonchev–Trinajstić information content (AvgIpc) is 3.14. The fourth-order valence-electron chi connectivity index (χ4n) is 4.37. The first kappa shape index (κ1) is 17.9. The molecule has 4 nitrogen and oxygen atoms in total. The molecule has 0 aliphatic carbocycles. The van der Waals surface area contributed by atoms with Gasteiger partial charge in [0, 0.05) is 25.0 Å². The van der Waals surface area contributed by atoms with Gasteiger partial charge in [-0.2, -0.15) is 11.8 Å². The molecule has 0 radical (unpaired) electrons. The van der Waals surface area contributed by atoms with Crippen molar-refractivity contribution in [3.05, 3.63) is 24.5 Å². The number of hydrogen-bond donors (Lipinski definition) is 1. The third kappa shape index (κ3) is 4.37. The number of carbonyl (C=O) groups excluding carboxylic acids is 1. The zero-order chi connectivity index (χ0) is 16.8. The van der Waals surface area contributed by atoms with E-state index in [1.54, 1.807) is 11.8 Å². The number of amides is 1. The van der Waals surface area contributed by atoms with E-state index < -0.39 is 0 Å². The summed E-state index contributed by atoms with van der Waals surface area (Å²) in [4.78, 5) is 15.5. The highest BCUT2D eigenvalue weighted by Gasteiger charge is 2.33. The minimum atomic E-state index is -0.0708. The second-order valence-electron chi connectivity index (χ2n) is 7.17. The summed E-state index contributed by atoms with van der Waals surface area (Å²) in [6, 6.07) is 4.63. The molecule has 2 fully saturated rings. The molecule has 2 aliphatic heterocycles. The lowest BCUT2D eigenvalue weighted by Crippen LogP contribution is -2.51. The van der Waals surface area contributed by atoms with Crippen LogP contribution in [-0.2, 0) is 4.79 Å². The van der Waals surface area contributed by atoms with Crippen molar-refractivity contribution in [3.8, 4) is 0 Å². The lowest BCUT2D eigenvalue weighted by molar-refractivity contribution is -0.124. The number of fused-ring (bicyclic) bond motifs is 1. The van der Waals surface area contributed by atoms with Gasteiger partial charge in [0.05, 0.1) is 0 Å². The van der Waals surface area contributed by atoms with Gasteiger partial charge in [-0.25, -0.2) is 0 Å². The van der Waals surface area contributed by atoms with Crippen LogP contribution < -0.4 is 5.32 Å². The van der Waals surface area contributed by atoms with Gasteiger partial charge in [0.1, 0.15) is 6.04 Å². The second-order valence-corrected chi connectivity index (χ2v) is 8.16. The van der Waals surface area contributed by atoms with Crippen LogP contribution in [0.15, 0.2) is 24.5 Å². The minimum Gasteiger partial charge on any atom is -0.354 e. The van der Waals surface area contributed by atoms with E-state index >= 15 is 0 Å². The Balaban J connectivity index is 1.56. The predicted octanol–water partition coefficient (Wildman–Crippen LogP) is 3.16. The van der Waals surface area contributed by atoms with Crippen LogP contribution in [0.1, 0.15) is 44.6 Å². The highest BCUT2D eigenvalue weighted by molar-refractivity contribution is 7.98. The Morgan fingerprint density at radius 1 is 1.21 bits per heavy atom. The lowest BCUT2D eigenvalue weighted by Gasteiger charge is -2.44. The molecule has 1 N–H and O–H groups in total. The Morgan fingerprint density at radius 2 is 2.00 bits per heavy atom. The van der Waals surface area contributed by atoms with Gasteiger partial charge in [0.2, 0.25) is 5.91 Å². The van der Waals surface area contributed by atoms with Crippen molar-refractivity contribution in [3.63, 3.8) is 0 Å². The number of thioether (sulfide) groups is 1. The smallest absolute Gasteiger partial charge is 0.243 e. The zero-order valence-corrected chi connectivity index (χ0v) is 15.6. The Labute approximate surface area is 150 Å². The van der Waals surface area contributed by atoms with Gasteiger partial charge in [-0.15, -0.1) is 0 Å². The zero-order valence-electron chi connectivity index (χ0n) is 14.8. The van der Waals surface area contributed by atoms with E-state index in [1.165, 1.54) is 45.2 Å². The SMILES string of the molecule is CSCCC(C(=O)NCC1CCCN2CCCCC12)n1cccc1. The van der Waals surface area contributed by atoms with E-state index in [1.807, 2.05) is 24.5 Å². The van der Waals surface area contributed by atoms with Crippen LogP contribution in [0.4, 0.5) is 0 Å². The summed E-state index contributed by atoms with van der Waals surface area (Å²) in [6.45, 7) is 3.36. The van der Waals surface area contributed by atoms with E-state index in [-0.39, 0.29) is 11.9 Å². The van der Waals surface area contributed by atoms with Crippen LogP contribution in [-0.4, -0.2) is 53.1 Å². The molecule has 1 aromatic heterocycles. The molecular formula is C19H31N3OS. The first-order valence-electron chi connectivity index (χ1n) is 9.42. The fraction of sp³-hybridized carbons (Fsp3) is 0.737. The van der Waals surface area contributed by atoms with Crippen LogP contribution in [0.5, 0.6) is 0 Å². The van der Waals surface area contributed by atoms with Gasteiger partial charge in [-0.3, -0.25) is 4.79 Å². The lowest BCUT2D eigenvalue weighted by atomic mass is 9.83. The first-order chi connectivity index (χ1) is 11.8. The Bertz CT molecular complexity index is 503. The number of nitrogens with zero attached hydrogens (tertiary/aromatic N) is 2. The molecular weight excluding hydrogens is 318 g/mol. The monoisotopic (exact) mass is 349 g/mol. The van der Waals surface area contributed by atoms with E-state index in [0.29, 0.717) is 12.0 Å². The predicted molar refractivity (Wildman–Crippen MR) is 101 cm³/mol. The molecule has 2 aliphatic rings. The molecule has 134 valence electrons. The summed E-state index contributed by atoms with van der Waals surface area (Å²) in [5.74, 6) is 1.83. The van der Waals surface area contributed by atoms with Crippen LogP contribution in [0, 0.1) is 5.92 Å². The summed E-state index contributed by atoms with van der Waals surface area (Å²) >= 11 is 1.81. The standard InChI is InChI=1S/C19H31N3OS/c1-24-14-9-18(22-11-4-5-12-22)19(23)20-15-16-7-6-13-21-10-3-2-8-17(16)21/h4-5,11-12,16-18H,2-3,6-10,13-15H2,1H3,(H,20,23). The van der Waals surface area contributed by atoms with Gasteiger partial charge < -0.3 is 14.8 Å². The molecule has 1 aromatic rings. The molecule has 3 unspecified atom stereocenters. The van der Waals surface area contributed by atoms with E-state index in [2.05, 4.69) is 21.0 Å². The molecule has 1 amide bonds. The molecule has 24 heavy (non-hydrogen) atoms. The van der Waals surface area contributed by atoms with Crippen LogP contribution in [0.2, 0.25) is 0 Å². The Kier molecular flexibility index (Phi) is 6.67. The number of hydrogen-bond acceptors (Lipinski definition) is 3. The summed E-state index contributed by atoms with van der Waals surface area (Å²) in [5, 5.41) is 3.29. The van der Waals surface area contributed by atoms with E-state index in [9.17, 15) is 4.79 Å². The molecule has 3 atom stereocenters. The highest BCUT2D eigenvalue weighted by atomic mass is 32.2. The number of rotatable bonds is 7. The molecule has 2 saturated heterocycles. The Hall–Kier alpha value is -0.940. The number of carbonyl (C=O) groups is 1. The summed E-state index contributed by atoms with van der Waals surface area (Å²) in [6.07, 6.45) is 13.6. The number of nitrogens with one attached hydrogen (secondary N) is 1. The highest BCUT2D eigenvalue weighted by Crippen LogP contribution is 2.30. The molecule has 5 heteroatoms. The maximum atomic E-state index is 12.8. The van der Waals surface area contributed by atoms with Crippen molar-refractivity contribution < 1.29 is 4.79 Å². The van der Waals surface area contributed by atoms with E-state index in [0.717, 1.165) is 18.7 Å². The van der Waals surface area contributed by atoms with Crippen LogP contribution in [0.25, 0.3) is 0 Å². The third-order valence-electron chi connectivity index (χ3n) is 5.65. The first-order valence-corrected chi connectivity index (χ1v) is 10.8. The maximum Gasteiger partial charge on any atom is 0.243 e. The average molecular weight is 350 g/mol. The number of aromatic nitrogens is 1. The van der Waals surface area contributed by atoms with Crippen LogP contribution in [0.3, 0.4) is 0 Å². The van der Waals surface area contributed by atoms with Crippen molar-refractivity contribution in [1.82, 2.24) is 14.8 Å². The fourth-order valence-corrected chi connectivity index (χ4v) is 4.82. The van der Waals surface area contributed by atoms with E-state index in [4.69, 9.17) is 0 Å². The third-order valence-corrected chi connectivity index (χ3v) is 6.30. The van der Waals surface area contributed by atoms with Crippen molar-refractivity contribution in [2.45, 2.75) is 50.6 Å². The molecule has 3 rings (SSSR count). The van der Waals surface area contributed by atoms with Crippen molar-refractivity contribution in [2.75, 3.05) is 31.6 Å². The normalized spacial score (nSPS) is 25.9. The summed E-state index contributed by atoms with van der Waals surface area (Å²) in [5.41, 5.74) is 0. The van der Waals surface area contributed by atoms with Crippen molar-refractivity contribution >= 4 is 17.7 Å². The number of piperidine rings is 2. The quantitative estimate of drug-likeness (QED) is 0.821. The van der Waals surface area contributed by atoms with Crippen molar-refractivity contribution in [1.29, 1.82) is 0 Å². The van der Waals surface area contributed by atoms with Gasteiger partial charge in [0.25, 0.3) is 0 Å². The van der Waals surface area contributed by atoms with Gasteiger partial charge >= 0.3 is 0 Å². The Morgan fingerprint density at radius 3 is 2.79 bits per heavy atom. The molecule has 0 saturated carbocycles. The topological polar surface area (TPSA) is 37.3 Å². The second kappa shape index (κ2) is 8.95. The summed E-state index contributed by atoms with van der Waals surface area (Å²) in [7, 11) is 0. The van der Waals surface area contributed by atoms with Gasteiger partial charge in [-0.05, 0) is 75.3 Å². The largest absolute Gasteiger partial charge is 0.354 e. The molecule has 0 aromatic carbocycles. The van der Waals surface area contributed by atoms with Crippen LogP contribution >= 0.6 is 11.8 Å². The molecule has 0 bridgehead atoms. The maximum absolute atomic E-state index is 12.8.